The number of aromatic nitrogens is 2. The van der Waals surface area contributed by atoms with Gasteiger partial charge in [-0.25, -0.2) is 0 Å². The van der Waals surface area contributed by atoms with Crippen LogP contribution in [0.25, 0.3) is 0 Å². The van der Waals surface area contributed by atoms with Crippen molar-refractivity contribution in [3.05, 3.63) is 37.9 Å². The quantitative estimate of drug-likeness (QED) is 0.845. The molecule has 0 aliphatic rings. The Bertz CT molecular complexity index is 452. The van der Waals surface area contributed by atoms with Crippen molar-refractivity contribution >= 4 is 39.8 Å². The van der Waals surface area contributed by atoms with Gasteiger partial charge in [0.25, 0.3) is 5.91 Å². The molecule has 0 bridgehead atoms. The fourth-order valence-electron chi connectivity index (χ4n) is 1.09. The minimum Gasteiger partial charge on any atom is -0.348 e. The van der Waals surface area contributed by atoms with Crippen molar-refractivity contribution in [3.8, 4) is 0 Å². The first-order chi connectivity index (χ1) is 7.25. The molecule has 0 aliphatic heterocycles. The second-order valence-corrected chi connectivity index (χ2v) is 5.73. The molecule has 0 aromatic carbocycles. The summed E-state index contributed by atoms with van der Waals surface area (Å²) in [5.41, 5.74) is 1.68. The largest absolute Gasteiger partial charge is 0.348 e. The second-order valence-electron chi connectivity index (χ2n) is 2.93. The van der Waals surface area contributed by atoms with Crippen LogP contribution >= 0.6 is 33.9 Å². The van der Waals surface area contributed by atoms with Gasteiger partial charge in [0, 0.05) is 23.7 Å². The minimum atomic E-state index is -0.0460. The number of rotatable bonds is 3. The molecule has 0 unspecified atom stereocenters. The second kappa shape index (κ2) is 4.75. The summed E-state index contributed by atoms with van der Waals surface area (Å²) in [6.45, 7) is 0.502. The summed E-state index contributed by atoms with van der Waals surface area (Å²) in [4.78, 5) is 11.6. The maximum Gasteiger partial charge on any atom is 0.252 e. The highest BCUT2D eigenvalue weighted by molar-refractivity contribution is 14.1. The molecule has 0 aliphatic carbocycles. The number of aromatic amines is 1. The average molecular weight is 333 g/mol. The van der Waals surface area contributed by atoms with Crippen LogP contribution in [-0.2, 0) is 6.54 Å². The van der Waals surface area contributed by atoms with Gasteiger partial charge in [0.2, 0.25) is 0 Å². The third-order valence-electron chi connectivity index (χ3n) is 1.84. The fraction of sp³-hybridized carbons (Fsp3) is 0.111. The van der Waals surface area contributed by atoms with E-state index >= 15 is 0 Å². The van der Waals surface area contributed by atoms with Gasteiger partial charge in [-0.3, -0.25) is 9.89 Å². The van der Waals surface area contributed by atoms with Gasteiger partial charge in [-0.2, -0.15) is 5.10 Å². The van der Waals surface area contributed by atoms with Crippen molar-refractivity contribution in [2.24, 2.45) is 0 Å². The molecule has 4 nitrogen and oxygen atoms in total. The van der Waals surface area contributed by atoms with Crippen molar-refractivity contribution in [1.82, 2.24) is 15.5 Å². The van der Waals surface area contributed by atoms with Crippen LogP contribution in [0.15, 0.2) is 23.8 Å². The predicted octanol–water partition coefficient (Wildman–Crippen LogP) is 2.01. The zero-order valence-corrected chi connectivity index (χ0v) is 10.6. The molecule has 0 saturated carbocycles. The normalized spacial score (nSPS) is 10.2. The first kappa shape index (κ1) is 10.6. The van der Waals surface area contributed by atoms with Crippen molar-refractivity contribution in [2.75, 3.05) is 0 Å². The highest BCUT2D eigenvalue weighted by Gasteiger charge is 2.07. The number of nitrogens with one attached hydrogen (secondary N) is 2. The van der Waals surface area contributed by atoms with Crippen LogP contribution in [0.2, 0.25) is 0 Å². The Kier molecular flexibility index (Phi) is 3.37. The van der Waals surface area contributed by atoms with Gasteiger partial charge in [0.15, 0.2) is 0 Å². The molecule has 6 heteroatoms. The zero-order valence-electron chi connectivity index (χ0n) is 7.66. The Hall–Kier alpha value is -0.890. The average Bonchev–Trinajstić information content (AvgIpc) is 2.84. The Labute approximate surface area is 104 Å². The molecule has 0 fully saturated rings. The van der Waals surface area contributed by atoms with E-state index in [2.05, 4.69) is 38.1 Å². The van der Waals surface area contributed by atoms with E-state index in [-0.39, 0.29) is 5.91 Å². The van der Waals surface area contributed by atoms with Crippen molar-refractivity contribution in [1.29, 1.82) is 0 Å². The summed E-state index contributed by atoms with van der Waals surface area (Å²) in [5.74, 6) is -0.0460. The minimum absolute atomic E-state index is 0.0460. The topological polar surface area (TPSA) is 57.8 Å². The van der Waals surface area contributed by atoms with E-state index in [0.29, 0.717) is 12.1 Å². The molecule has 0 radical (unpaired) electrons. The van der Waals surface area contributed by atoms with Crippen LogP contribution in [-0.4, -0.2) is 16.1 Å². The molecule has 1 amide bonds. The maximum atomic E-state index is 11.6. The molecule has 0 saturated heterocycles. The van der Waals surface area contributed by atoms with Crippen molar-refractivity contribution in [3.63, 3.8) is 0 Å². The van der Waals surface area contributed by atoms with Gasteiger partial charge in [-0.1, -0.05) is 0 Å². The first-order valence-electron chi connectivity index (χ1n) is 4.25. The molecule has 78 valence electrons. The van der Waals surface area contributed by atoms with Crippen LogP contribution in [0.4, 0.5) is 0 Å². The van der Waals surface area contributed by atoms with E-state index in [4.69, 9.17) is 0 Å². The monoisotopic (exact) mass is 333 g/mol. The number of H-pyrrole nitrogens is 1. The number of hydrogen-bond donors (Lipinski definition) is 2. The van der Waals surface area contributed by atoms with Gasteiger partial charge >= 0.3 is 0 Å². The van der Waals surface area contributed by atoms with E-state index in [1.54, 1.807) is 23.7 Å². The van der Waals surface area contributed by atoms with E-state index in [1.807, 2.05) is 11.4 Å². The van der Waals surface area contributed by atoms with Crippen molar-refractivity contribution in [2.45, 2.75) is 6.54 Å². The highest BCUT2D eigenvalue weighted by Crippen LogP contribution is 2.16. The lowest BCUT2D eigenvalue weighted by Gasteiger charge is -2.00. The number of hydrogen-bond acceptors (Lipinski definition) is 3. The SMILES string of the molecule is O=C(NCc1cn[nH]c1)c1csc(I)c1. The summed E-state index contributed by atoms with van der Waals surface area (Å²) in [7, 11) is 0. The van der Waals surface area contributed by atoms with Gasteiger partial charge < -0.3 is 5.32 Å². The number of amides is 1. The smallest absolute Gasteiger partial charge is 0.252 e. The Morgan fingerprint density at radius 1 is 1.67 bits per heavy atom. The molecule has 2 heterocycles. The molecule has 2 N–H and O–H groups in total. The van der Waals surface area contributed by atoms with E-state index < -0.39 is 0 Å². The maximum absolute atomic E-state index is 11.6. The molecule has 2 aromatic heterocycles. The summed E-state index contributed by atoms with van der Waals surface area (Å²) in [6, 6.07) is 1.87. The Morgan fingerprint density at radius 3 is 3.13 bits per heavy atom. The Balaban J connectivity index is 1.93. The molecule has 0 spiro atoms. The van der Waals surface area contributed by atoms with E-state index in [1.165, 1.54) is 0 Å². The molecule has 2 rings (SSSR count). The van der Waals surface area contributed by atoms with Crippen LogP contribution < -0.4 is 5.32 Å². The molecular formula is C9H8IN3OS. The van der Waals surface area contributed by atoms with E-state index in [9.17, 15) is 4.79 Å². The lowest BCUT2D eigenvalue weighted by molar-refractivity contribution is 0.0951. The highest BCUT2D eigenvalue weighted by atomic mass is 127. The lowest BCUT2D eigenvalue weighted by atomic mass is 10.3. The van der Waals surface area contributed by atoms with Gasteiger partial charge in [0.1, 0.15) is 0 Å². The predicted molar refractivity (Wildman–Crippen MR) is 66.8 cm³/mol. The lowest BCUT2D eigenvalue weighted by Crippen LogP contribution is -2.21. The standard InChI is InChI=1S/C9H8IN3OS/c10-8-1-7(5-15-8)9(14)11-2-6-3-12-13-4-6/h1,3-5H,2H2,(H,11,14)(H,12,13). The number of carbonyl (C=O) groups is 1. The summed E-state index contributed by atoms with van der Waals surface area (Å²) in [5, 5.41) is 11.2. The summed E-state index contributed by atoms with van der Waals surface area (Å²) >= 11 is 3.76. The van der Waals surface area contributed by atoms with E-state index in [0.717, 1.165) is 8.45 Å². The molecule has 15 heavy (non-hydrogen) atoms. The number of nitrogens with zero attached hydrogens (tertiary/aromatic N) is 1. The third kappa shape index (κ3) is 2.78. The van der Waals surface area contributed by atoms with Gasteiger partial charge in [-0.15, -0.1) is 11.3 Å². The van der Waals surface area contributed by atoms with Crippen LogP contribution in [0.1, 0.15) is 15.9 Å². The van der Waals surface area contributed by atoms with Crippen LogP contribution in [0, 0.1) is 2.88 Å². The first-order valence-corrected chi connectivity index (χ1v) is 6.21. The number of carbonyl (C=O) groups excluding carboxylic acids is 1. The third-order valence-corrected chi connectivity index (χ3v) is 3.63. The Morgan fingerprint density at radius 2 is 2.53 bits per heavy atom. The molecule has 0 atom stereocenters. The molecule has 2 aromatic rings. The van der Waals surface area contributed by atoms with Gasteiger partial charge in [-0.05, 0) is 28.7 Å². The molecular weight excluding hydrogens is 325 g/mol. The van der Waals surface area contributed by atoms with Gasteiger partial charge in [0.05, 0.1) is 14.6 Å². The number of thiophene rings is 1. The number of halogens is 1. The zero-order chi connectivity index (χ0) is 10.7. The van der Waals surface area contributed by atoms with Crippen LogP contribution in [0.5, 0.6) is 0 Å². The fourth-order valence-corrected chi connectivity index (χ4v) is 2.41. The summed E-state index contributed by atoms with van der Waals surface area (Å²) < 4.78 is 1.11. The van der Waals surface area contributed by atoms with Crippen molar-refractivity contribution < 1.29 is 4.79 Å². The van der Waals surface area contributed by atoms with Crippen LogP contribution in [0.3, 0.4) is 0 Å². The summed E-state index contributed by atoms with van der Waals surface area (Å²) in [6.07, 6.45) is 3.45.